The molecule has 4 rings (SSSR count). The Labute approximate surface area is 181 Å². The number of ether oxygens (including phenoxy) is 2. The Morgan fingerprint density at radius 1 is 1.23 bits per heavy atom. The van der Waals surface area contributed by atoms with Crippen LogP contribution in [0.4, 0.5) is 10.6 Å². The number of anilines is 1. The fourth-order valence-corrected chi connectivity index (χ4v) is 3.65. The second-order valence-electron chi connectivity index (χ2n) is 8.60. The van der Waals surface area contributed by atoms with Crippen molar-refractivity contribution in [3.05, 3.63) is 36.8 Å². The van der Waals surface area contributed by atoms with Gasteiger partial charge in [-0.05, 0) is 45.7 Å². The number of carbonyl (C=O) groups is 1. The number of carbonyl (C=O) groups excluding carboxylic acids is 1. The van der Waals surface area contributed by atoms with Gasteiger partial charge in [-0.2, -0.15) is 0 Å². The Balaban J connectivity index is 1.55. The number of fused-ring (bicyclic) bond motifs is 1. The zero-order valence-electron chi connectivity index (χ0n) is 18.3. The van der Waals surface area contributed by atoms with Crippen molar-refractivity contribution < 1.29 is 14.3 Å². The number of amides is 1. The number of likely N-dealkylation sites (tertiary alicyclic amines) is 1. The van der Waals surface area contributed by atoms with E-state index in [1.165, 1.54) is 0 Å². The van der Waals surface area contributed by atoms with Crippen molar-refractivity contribution in [2.24, 2.45) is 0 Å². The minimum absolute atomic E-state index is 0.0157. The highest BCUT2D eigenvalue weighted by Gasteiger charge is 2.28. The number of nitrogens with one attached hydrogen (secondary N) is 1. The normalized spacial score (nSPS) is 16.9. The quantitative estimate of drug-likeness (QED) is 0.684. The molecule has 1 aliphatic heterocycles. The molecule has 0 spiro atoms. The third-order valence-corrected chi connectivity index (χ3v) is 5.03. The highest BCUT2D eigenvalue weighted by atomic mass is 16.6. The topological polar surface area (TPSA) is 93.9 Å². The molecule has 1 unspecified atom stereocenters. The van der Waals surface area contributed by atoms with Crippen LogP contribution < -0.4 is 10.1 Å². The van der Waals surface area contributed by atoms with Gasteiger partial charge in [-0.1, -0.05) is 6.07 Å². The first kappa shape index (κ1) is 20.9. The second-order valence-corrected chi connectivity index (χ2v) is 8.60. The molecule has 1 atom stereocenters. The zero-order chi connectivity index (χ0) is 22.0. The van der Waals surface area contributed by atoms with Crippen LogP contribution >= 0.6 is 0 Å². The van der Waals surface area contributed by atoms with Crippen molar-refractivity contribution in [2.75, 3.05) is 25.5 Å². The third-order valence-electron chi connectivity index (χ3n) is 5.03. The monoisotopic (exact) mass is 424 g/mol. The minimum atomic E-state index is -0.519. The van der Waals surface area contributed by atoms with Crippen LogP contribution in [-0.4, -0.2) is 62.2 Å². The van der Waals surface area contributed by atoms with E-state index in [4.69, 9.17) is 14.5 Å². The second kappa shape index (κ2) is 8.41. The van der Waals surface area contributed by atoms with Gasteiger partial charge in [0.2, 0.25) is 0 Å². The van der Waals surface area contributed by atoms with Crippen molar-refractivity contribution in [1.29, 1.82) is 0 Å². The molecule has 9 heteroatoms. The van der Waals surface area contributed by atoms with Gasteiger partial charge in [0.25, 0.3) is 5.88 Å². The first-order chi connectivity index (χ1) is 14.8. The van der Waals surface area contributed by atoms with Crippen LogP contribution in [0.25, 0.3) is 17.0 Å². The summed E-state index contributed by atoms with van der Waals surface area (Å²) in [7, 11) is 1.57. The van der Waals surface area contributed by atoms with Gasteiger partial charge in [-0.3, -0.25) is 4.40 Å². The minimum Gasteiger partial charge on any atom is -0.478 e. The largest absolute Gasteiger partial charge is 0.478 e. The molecule has 0 saturated carbocycles. The van der Waals surface area contributed by atoms with Crippen molar-refractivity contribution in [1.82, 2.24) is 24.3 Å². The van der Waals surface area contributed by atoms with Crippen LogP contribution in [0.5, 0.6) is 5.88 Å². The van der Waals surface area contributed by atoms with Crippen LogP contribution in [0.15, 0.2) is 36.8 Å². The molecular formula is C22H28N6O3. The van der Waals surface area contributed by atoms with Gasteiger partial charge >= 0.3 is 6.09 Å². The van der Waals surface area contributed by atoms with Crippen LogP contribution in [-0.2, 0) is 4.74 Å². The van der Waals surface area contributed by atoms with E-state index in [2.05, 4.69) is 15.3 Å². The highest BCUT2D eigenvalue weighted by Crippen LogP contribution is 2.27. The molecule has 9 nitrogen and oxygen atoms in total. The lowest BCUT2D eigenvalue weighted by atomic mass is 10.1. The maximum absolute atomic E-state index is 12.5. The lowest BCUT2D eigenvalue weighted by Gasteiger charge is -2.34. The standard InChI is InChI=1S/C22H28N6O3/c1-22(2,3)31-21(29)27-10-7-8-15(14-27)25-19-20(30-4)24-12-16(26-19)17-13-23-18-9-5-6-11-28(17)18/h5-6,9,11-13,15H,7-8,10,14H2,1-4H3,(H,25,26). The Kier molecular flexibility index (Phi) is 5.67. The number of hydrogen-bond donors (Lipinski definition) is 1. The Morgan fingerprint density at radius 3 is 2.84 bits per heavy atom. The van der Waals surface area contributed by atoms with Gasteiger partial charge in [-0.15, -0.1) is 0 Å². The molecule has 1 fully saturated rings. The van der Waals surface area contributed by atoms with Crippen LogP contribution in [0.3, 0.4) is 0 Å². The molecule has 0 aromatic carbocycles. The van der Waals surface area contributed by atoms with Gasteiger partial charge in [0.05, 0.1) is 25.2 Å². The fraction of sp³-hybridized carbons (Fsp3) is 0.455. The number of rotatable bonds is 4. The Morgan fingerprint density at radius 2 is 2.06 bits per heavy atom. The summed E-state index contributed by atoms with van der Waals surface area (Å²) in [6.45, 7) is 6.82. The molecule has 0 radical (unpaired) electrons. The Hall–Kier alpha value is -3.36. The predicted octanol–water partition coefficient (Wildman–Crippen LogP) is 3.61. The molecule has 0 bridgehead atoms. The van der Waals surface area contributed by atoms with Gasteiger partial charge in [0.15, 0.2) is 5.82 Å². The number of imidazole rings is 1. The maximum Gasteiger partial charge on any atom is 0.410 e. The summed E-state index contributed by atoms with van der Waals surface area (Å²) in [6, 6.07) is 5.84. The smallest absolute Gasteiger partial charge is 0.410 e. The van der Waals surface area contributed by atoms with Crippen molar-refractivity contribution in [3.63, 3.8) is 0 Å². The number of hydrogen-bond acceptors (Lipinski definition) is 7. The van der Waals surface area contributed by atoms with E-state index in [1.807, 2.05) is 49.6 Å². The van der Waals surface area contributed by atoms with Crippen molar-refractivity contribution in [2.45, 2.75) is 45.3 Å². The summed E-state index contributed by atoms with van der Waals surface area (Å²) in [6.07, 6.45) is 6.88. The van der Waals surface area contributed by atoms with Crippen molar-refractivity contribution in [3.8, 4) is 17.3 Å². The van der Waals surface area contributed by atoms with E-state index in [1.54, 1.807) is 24.4 Å². The number of piperidine rings is 1. The van der Waals surface area contributed by atoms with Gasteiger partial charge < -0.3 is 19.7 Å². The van der Waals surface area contributed by atoms with Gasteiger partial charge in [0.1, 0.15) is 16.9 Å². The van der Waals surface area contributed by atoms with E-state index in [-0.39, 0.29) is 12.1 Å². The van der Waals surface area contributed by atoms with E-state index in [9.17, 15) is 4.79 Å². The number of pyridine rings is 1. The summed E-state index contributed by atoms with van der Waals surface area (Å²) >= 11 is 0. The highest BCUT2D eigenvalue weighted by molar-refractivity contribution is 5.68. The predicted molar refractivity (Wildman–Crippen MR) is 117 cm³/mol. The molecule has 0 aliphatic carbocycles. The maximum atomic E-state index is 12.5. The number of aromatic nitrogens is 4. The molecule has 164 valence electrons. The SMILES string of the molecule is COc1ncc(-c2cnc3ccccn23)nc1NC1CCCN(C(=O)OC(C)(C)C)C1. The molecule has 3 aromatic rings. The van der Waals surface area contributed by atoms with Crippen LogP contribution in [0.2, 0.25) is 0 Å². The van der Waals surface area contributed by atoms with Gasteiger partial charge in [0, 0.05) is 25.3 Å². The fourth-order valence-electron chi connectivity index (χ4n) is 3.65. The van der Waals surface area contributed by atoms with E-state index < -0.39 is 5.60 Å². The molecule has 4 heterocycles. The van der Waals surface area contributed by atoms with Crippen LogP contribution in [0, 0.1) is 0 Å². The summed E-state index contributed by atoms with van der Waals surface area (Å²) in [5.74, 6) is 0.953. The zero-order valence-corrected chi connectivity index (χ0v) is 18.3. The Bertz CT molecular complexity index is 1070. The number of methoxy groups -OCH3 is 1. The molecular weight excluding hydrogens is 396 g/mol. The van der Waals surface area contributed by atoms with E-state index >= 15 is 0 Å². The van der Waals surface area contributed by atoms with Crippen LogP contribution in [0.1, 0.15) is 33.6 Å². The van der Waals surface area contributed by atoms with Gasteiger partial charge in [-0.25, -0.2) is 19.7 Å². The molecule has 3 aromatic heterocycles. The average molecular weight is 425 g/mol. The molecule has 1 amide bonds. The lowest BCUT2D eigenvalue weighted by molar-refractivity contribution is 0.0206. The average Bonchev–Trinajstić information content (AvgIpc) is 3.17. The van der Waals surface area contributed by atoms with E-state index in [0.717, 1.165) is 24.2 Å². The summed E-state index contributed by atoms with van der Waals surface area (Å²) < 4.78 is 12.9. The molecule has 1 N–H and O–H groups in total. The lowest BCUT2D eigenvalue weighted by Crippen LogP contribution is -2.47. The molecule has 31 heavy (non-hydrogen) atoms. The first-order valence-corrected chi connectivity index (χ1v) is 10.4. The summed E-state index contributed by atoms with van der Waals surface area (Å²) in [5.41, 5.74) is 1.84. The summed E-state index contributed by atoms with van der Waals surface area (Å²) in [5, 5.41) is 3.42. The number of nitrogens with zero attached hydrogens (tertiary/aromatic N) is 5. The molecule has 1 saturated heterocycles. The summed E-state index contributed by atoms with van der Waals surface area (Å²) in [4.78, 5) is 27.8. The van der Waals surface area contributed by atoms with E-state index in [0.29, 0.717) is 30.5 Å². The first-order valence-electron chi connectivity index (χ1n) is 10.4. The molecule has 1 aliphatic rings. The third kappa shape index (κ3) is 4.70. The van der Waals surface area contributed by atoms with Crippen molar-refractivity contribution >= 4 is 17.6 Å².